The Morgan fingerprint density at radius 1 is 1.25 bits per heavy atom. The van der Waals surface area contributed by atoms with Gasteiger partial charge in [-0.3, -0.25) is 18.7 Å². The van der Waals surface area contributed by atoms with Crippen molar-refractivity contribution < 1.29 is 9.53 Å². The Balaban J connectivity index is 2.29. The van der Waals surface area contributed by atoms with Crippen molar-refractivity contribution in [2.24, 2.45) is 14.1 Å². The van der Waals surface area contributed by atoms with Crippen LogP contribution in [-0.4, -0.2) is 71.3 Å². The molecule has 24 heavy (non-hydrogen) atoms. The quantitative estimate of drug-likeness (QED) is 0.683. The Morgan fingerprint density at radius 3 is 2.54 bits per heavy atom. The molecule has 0 unspecified atom stereocenters. The topological polar surface area (TPSA) is 76.8 Å². The molecule has 1 atom stereocenters. The summed E-state index contributed by atoms with van der Waals surface area (Å²) in [4.78, 5) is 40.5. The lowest BCUT2D eigenvalue weighted by Crippen LogP contribution is -2.45. The van der Waals surface area contributed by atoms with Gasteiger partial charge in [0.15, 0.2) is 0 Å². The first kappa shape index (κ1) is 18.4. The lowest BCUT2D eigenvalue weighted by molar-refractivity contribution is 0.0503. The molecule has 0 aliphatic carbocycles. The van der Waals surface area contributed by atoms with E-state index >= 15 is 0 Å². The molecule has 1 amide bonds. The third kappa shape index (κ3) is 4.12. The molecule has 1 aromatic rings. The van der Waals surface area contributed by atoms with Gasteiger partial charge in [0.25, 0.3) is 11.5 Å². The summed E-state index contributed by atoms with van der Waals surface area (Å²) in [7, 11) is 6.77. The lowest BCUT2D eigenvalue weighted by atomic mass is 10.2. The predicted molar refractivity (Wildman–Crippen MR) is 90.4 cm³/mol. The van der Waals surface area contributed by atoms with Crippen molar-refractivity contribution in [3.05, 3.63) is 32.6 Å². The first-order valence-corrected chi connectivity index (χ1v) is 8.14. The number of likely N-dealkylation sites (N-methyl/N-ethyl adjacent to an activating group) is 1. The molecule has 2 heterocycles. The maximum Gasteiger partial charge on any atom is 0.331 e. The molecule has 1 aliphatic heterocycles. The molecule has 8 heteroatoms. The molecule has 134 valence electrons. The van der Waals surface area contributed by atoms with Crippen LogP contribution in [0.25, 0.3) is 0 Å². The maximum atomic E-state index is 12.9. The van der Waals surface area contributed by atoms with E-state index in [0.717, 1.165) is 17.4 Å². The van der Waals surface area contributed by atoms with Crippen LogP contribution >= 0.6 is 0 Å². The number of hydrogen-bond acceptors (Lipinski definition) is 5. The van der Waals surface area contributed by atoms with Gasteiger partial charge in [0.05, 0.1) is 6.10 Å². The Hall–Kier alpha value is -1.93. The molecule has 0 spiro atoms. The molecule has 0 N–H and O–H groups in total. The van der Waals surface area contributed by atoms with Gasteiger partial charge in [0.2, 0.25) is 0 Å². The summed E-state index contributed by atoms with van der Waals surface area (Å²) in [5.41, 5.74) is -0.874. The highest BCUT2D eigenvalue weighted by atomic mass is 16.5. The van der Waals surface area contributed by atoms with Crippen LogP contribution in [0.4, 0.5) is 0 Å². The second kappa shape index (κ2) is 7.76. The standard InChI is InChI=1S/C16H26N4O4/c1-17(2)7-8-20(11-12-6-5-9-24-12)15(22)13-10-14(21)19(4)16(23)18(13)3/h10,12H,5-9,11H2,1-4H3/t12-/m0/s1. The largest absolute Gasteiger partial charge is 0.376 e. The van der Waals surface area contributed by atoms with Gasteiger partial charge < -0.3 is 14.5 Å². The zero-order valence-electron chi connectivity index (χ0n) is 14.8. The van der Waals surface area contributed by atoms with E-state index in [1.165, 1.54) is 24.7 Å². The average Bonchev–Trinajstić information content (AvgIpc) is 3.05. The van der Waals surface area contributed by atoms with Crippen LogP contribution < -0.4 is 11.2 Å². The fourth-order valence-corrected chi connectivity index (χ4v) is 2.73. The minimum Gasteiger partial charge on any atom is -0.376 e. The summed E-state index contributed by atoms with van der Waals surface area (Å²) in [6, 6.07) is 1.22. The zero-order valence-corrected chi connectivity index (χ0v) is 14.8. The van der Waals surface area contributed by atoms with Crippen molar-refractivity contribution >= 4 is 5.91 Å². The summed E-state index contributed by atoms with van der Waals surface area (Å²) in [5.74, 6) is -0.315. The smallest absolute Gasteiger partial charge is 0.331 e. The molecule has 2 rings (SSSR count). The summed E-state index contributed by atoms with van der Waals surface area (Å²) in [6.07, 6.45) is 1.92. The second-order valence-corrected chi connectivity index (χ2v) is 6.46. The van der Waals surface area contributed by atoms with Gasteiger partial charge in [-0.05, 0) is 26.9 Å². The third-order valence-electron chi connectivity index (χ3n) is 4.30. The molecule has 1 aliphatic rings. The summed E-state index contributed by atoms with van der Waals surface area (Å²) in [6.45, 7) is 2.38. The van der Waals surface area contributed by atoms with Crippen molar-refractivity contribution in [3.63, 3.8) is 0 Å². The second-order valence-electron chi connectivity index (χ2n) is 6.46. The van der Waals surface area contributed by atoms with E-state index < -0.39 is 11.2 Å². The lowest BCUT2D eigenvalue weighted by Gasteiger charge is -2.27. The normalized spacial score (nSPS) is 17.5. The molecule has 0 bridgehead atoms. The van der Waals surface area contributed by atoms with Gasteiger partial charge in [-0.2, -0.15) is 0 Å². The Bertz CT molecular complexity index is 701. The first-order valence-electron chi connectivity index (χ1n) is 8.14. The number of amides is 1. The summed E-state index contributed by atoms with van der Waals surface area (Å²) in [5, 5.41) is 0. The van der Waals surface area contributed by atoms with Gasteiger partial charge in [0, 0.05) is 46.4 Å². The van der Waals surface area contributed by atoms with Crippen LogP contribution in [0.2, 0.25) is 0 Å². The molecule has 8 nitrogen and oxygen atoms in total. The van der Waals surface area contributed by atoms with Crippen molar-refractivity contribution in [2.45, 2.75) is 18.9 Å². The highest BCUT2D eigenvalue weighted by molar-refractivity contribution is 5.92. The molecule has 0 saturated carbocycles. The predicted octanol–water partition coefficient (Wildman–Crippen LogP) is -0.733. The highest BCUT2D eigenvalue weighted by Gasteiger charge is 2.25. The van der Waals surface area contributed by atoms with E-state index in [9.17, 15) is 14.4 Å². The van der Waals surface area contributed by atoms with Crippen molar-refractivity contribution in [3.8, 4) is 0 Å². The minimum absolute atomic E-state index is 0.0136. The zero-order chi connectivity index (χ0) is 17.9. The van der Waals surface area contributed by atoms with Crippen LogP contribution in [0.3, 0.4) is 0 Å². The maximum absolute atomic E-state index is 12.9. The van der Waals surface area contributed by atoms with Gasteiger partial charge in [-0.25, -0.2) is 4.79 Å². The molecule has 1 saturated heterocycles. The van der Waals surface area contributed by atoms with E-state index in [1.807, 2.05) is 19.0 Å². The third-order valence-corrected chi connectivity index (χ3v) is 4.30. The highest BCUT2D eigenvalue weighted by Crippen LogP contribution is 2.14. The summed E-state index contributed by atoms with van der Waals surface area (Å²) >= 11 is 0. The molecule has 0 radical (unpaired) electrons. The van der Waals surface area contributed by atoms with Crippen LogP contribution in [-0.2, 0) is 18.8 Å². The van der Waals surface area contributed by atoms with Crippen LogP contribution in [0.15, 0.2) is 15.7 Å². The Kier molecular flexibility index (Phi) is 5.95. The molecule has 0 aromatic carbocycles. The fourth-order valence-electron chi connectivity index (χ4n) is 2.73. The molecular formula is C16H26N4O4. The van der Waals surface area contributed by atoms with Crippen LogP contribution in [0.5, 0.6) is 0 Å². The number of ether oxygens (including phenoxy) is 1. The number of aromatic nitrogens is 2. The monoisotopic (exact) mass is 338 g/mol. The van der Waals surface area contributed by atoms with Gasteiger partial charge in [-0.1, -0.05) is 0 Å². The number of rotatable bonds is 6. The number of carbonyl (C=O) groups excluding carboxylic acids is 1. The van der Waals surface area contributed by atoms with E-state index in [0.29, 0.717) is 26.2 Å². The van der Waals surface area contributed by atoms with Gasteiger partial charge >= 0.3 is 5.69 Å². The number of hydrogen-bond donors (Lipinski definition) is 0. The Morgan fingerprint density at radius 2 is 1.96 bits per heavy atom. The van der Waals surface area contributed by atoms with Crippen molar-refractivity contribution in [1.29, 1.82) is 0 Å². The SMILES string of the molecule is CN(C)CCN(C[C@@H]1CCCO1)C(=O)c1cc(=O)n(C)c(=O)n1C. The minimum atomic E-state index is -0.504. The molecule has 1 fully saturated rings. The van der Waals surface area contributed by atoms with Crippen molar-refractivity contribution in [2.75, 3.05) is 40.3 Å². The van der Waals surface area contributed by atoms with Gasteiger partial charge in [-0.15, -0.1) is 0 Å². The number of nitrogens with zero attached hydrogens (tertiary/aromatic N) is 4. The van der Waals surface area contributed by atoms with E-state index in [2.05, 4.69) is 0 Å². The van der Waals surface area contributed by atoms with Crippen molar-refractivity contribution in [1.82, 2.24) is 18.9 Å². The van der Waals surface area contributed by atoms with Crippen LogP contribution in [0, 0.1) is 0 Å². The summed E-state index contributed by atoms with van der Waals surface area (Å²) < 4.78 is 7.84. The average molecular weight is 338 g/mol. The van der Waals surface area contributed by atoms with E-state index in [-0.39, 0.29) is 17.7 Å². The first-order chi connectivity index (χ1) is 11.3. The van der Waals surface area contributed by atoms with E-state index in [1.54, 1.807) is 4.90 Å². The molecular weight excluding hydrogens is 312 g/mol. The Labute approximate surface area is 141 Å². The van der Waals surface area contributed by atoms with E-state index in [4.69, 9.17) is 4.74 Å². The fraction of sp³-hybridized carbons (Fsp3) is 0.688. The number of carbonyl (C=O) groups is 1. The molecule has 1 aromatic heterocycles. The van der Waals surface area contributed by atoms with Gasteiger partial charge in [0.1, 0.15) is 5.69 Å². The van der Waals surface area contributed by atoms with Crippen LogP contribution in [0.1, 0.15) is 23.3 Å².